The van der Waals surface area contributed by atoms with Crippen molar-refractivity contribution in [1.82, 2.24) is 0 Å². The van der Waals surface area contributed by atoms with Crippen LogP contribution in [-0.4, -0.2) is 16.8 Å². The molecule has 0 fully saturated rings. The van der Waals surface area contributed by atoms with E-state index in [0.29, 0.717) is 5.56 Å². The molecule has 12 heavy (non-hydrogen) atoms. The second-order valence-corrected chi connectivity index (χ2v) is 2.67. The number of hydrogen-bond donors (Lipinski definition) is 2. The Morgan fingerprint density at radius 2 is 2.08 bits per heavy atom. The largest absolute Gasteiger partial charge is 0.507 e. The molecule has 0 heterocycles. The van der Waals surface area contributed by atoms with Crippen LogP contribution in [0, 0.1) is 12.7 Å². The first-order valence-corrected chi connectivity index (χ1v) is 3.74. The smallest absolute Gasteiger partial charge is 0.130 e. The molecule has 0 atom stereocenters. The van der Waals surface area contributed by atoms with E-state index in [-0.39, 0.29) is 24.3 Å². The van der Waals surface area contributed by atoms with Gasteiger partial charge in [-0.15, -0.1) is 0 Å². The zero-order valence-corrected chi connectivity index (χ0v) is 6.84. The molecule has 66 valence electrons. The van der Waals surface area contributed by atoms with E-state index in [1.54, 1.807) is 6.92 Å². The quantitative estimate of drug-likeness (QED) is 0.703. The SMILES string of the molecule is Cc1ccc(F)c(CCO)c1O. The Kier molecular flexibility index (Phi) is 2.65. The minimum Gasteiger partial charge on any atom is -0.507 e. The van der Waals surface area contributed by atoms with Gasteiger partial charge in [-0.05, 0) is 18.6 Å². The average Bonchev–Trinajstić information content (AvgIpc) is 2.06. The highest BCUT2D eigenvalue weighted by Gasteiger charge is 2.08. The van der Waals surface area contributed by atoms with Crippen molar-refractivity contribution in [2.75, 3.05) is 6.61 Å². The van der Waals surface area contributed by atoms with Crippen molar-refractivity contribution in [1.29, 1.82) is 0 Å². The minimum atomic E-state index is -0.466. The molecule has 0 bridgehead atoms. The van der Waals surface area contributed by atoms with Crippen LogP contribution in [0.15, 0.2) is 12.1 Å². The molecule has 0 saturated heterocycles. The summed E-state index contributed by atoms with van der Waals surface area (Å²) in [4.78, 5) is 0. The Hall–Kier alpha value is -1.09. The lowest BCUT2D eigenvalue weighted by Gasteiger charge is -2.06. The zero-order chi connectivity index (χ0) is 9.14. The molecule has 0 radical (unpaired) electrons. The van der Waals surface area contributed by atoms with Gasteiger partial charge in [0.05, 0.1) is 0 Å². The number of aromatic hydroxyl groups is 1. The maximum absolute atomic E-state index is 12.9. The van der Waals surface area contributed by atoms with Gasteiger partial charge in [0.15, 0.2) is 0 Å². The fraction of sp³-hybridized carbons (Fsp3) is 0.333. The van der Waals surface area contributed by atoms with Crippen LogP contribution in [0.2, 0.25) is 0 Å². The van der Waals surface area contributed by atoms with E-state index in [9.17, 15) is 9.50 Å². The van der Waals surface area contributed by atoms with E-state index in [1.807, 2.05) is 0 Å². The number of phenolic OH excluding ortho intramolecular Hbond substituents is 1. The Bertz CT molecular complexity index is 284. The Labute approximate surface area is 70.3 Å². The molecule has 0 saturated carbocycles. The molecule has 3 heteroatoms. The molecule has 0 aliphatic carbocycles. The second kappa shape index (κ2) is 3.54. The number of aliphatic hydroxyl groups is 1. The van der Waals surface area contributed by atoms with Crippen molar-refractivity contribution in [2.24, 2.45) is 0 Å². The van der Waals surface area contributed by atoms with Crippen molar-refractivity contribution in [3.63, 3.8) is 0 Å². The van der Waals surface area contributed by atoms with Crippen molar-refractivity contribution in [3.8, 4) is 5.75 Å². The Balaban J connectivity index is 3.14. The summed E-state index contributed by atoms with van der Waals surface area (Å²) >= 11 is 0. The Morgan fingerprint density at radius 3 is 2.67 bits per heavy atom. The number of hydrogen-bond acceptors (Lipinski definition) is 2. The summed E-state index contributed by atoms with van der Waals surface area (Å²) < 4.78 is 12.9. The van der Waals surface area contributed by atoms with Gasteiger partial charge < -0.3 is 10.2 Å². The van der Waals surface area contributed by atoms with Gasteiger partial charge in [-0.2, -0.15) is 0 Å². The van der Waals surface area contributed by atoms with Crippen LogP contribution in [0.25, 0.3) is 0 Å². The van der Waals surface area contributed by atoms with E-state index in [1.165, 1.54) is 12.1 Å². The lowest BCUT2D eigenvalue weighted by atomic mass is 10.1. The number of rotatable bonds is 2. The van der Waals surface area contributed by atoms with Crippen molar-refractivity contribution in [2.45, 2.75) is 13.3 Å². The standard InChI is InChI=1S/C9H11FO2/c1-6-2-3-8(10)7(4-5-11)9(6)12/h2-3,11-12H,4-5H2,1H3. The first-order valence-electron chi connectivity index (χ1n) is 3.74. The van der Waals surface area contributed by atoms with E-state index in [4.69, 9.17) is 5.11 Å². The Morgan fingerprint density at radius 1 is 1.42 bits per heavy atom. The van der Waals surface area contributed by atoms with Gasteiger partial charge >= 0.3 is 0 Å². The van der Waals surface area contributed by atoms with Crippen LogP contribution in [-0.2, 0) is 6.42 Å². The van der Waals surface area contributed by atoms with Gasteiger partial charge in [-0.1, -0.05) is 6.07 Å². The highest BCUT2D eigenvalue weighted by molar-refractivity contribution is 5.40. The summed E-state index contributed by atoms with van der Waals surface area (Å²) in [5, 5.41) is 17.9. The van der Waals surface area contributed by atoms with E-state index in [0.717, 1.165) is 0 Å². The van der Waals surface area contributed by atoms with Gasteiger partial charge in [0.25, 0.3) is 0 Å². The summed E-state index contributed by atoms with van der Waals surface area (Å²) in [6.45, 7) is 1.53. The van der Waals surface area contributed by atoms with Crippen LogP contribution in [0.4, 0.5) is 4.39 Å². The van der Waals surface area contributed by atoms with Crippen LogP contribution in [0.3, 0.4) is 0 Å². The molecular formula is C9H11FO2. The highest BCUT2D eigenvalue weighted by Crippen LogP contribution is 2.24. The molecule has 1 rings (SSSR count). The predicted octanol–water partition coefficient (Wildman–Crippen LogP) is 1.37. The monoisotopic (exact) mass is 170 g/mol. The number of aryl methyl sites for hydroxylation is 1. The molecule has 0 aromatic heterocycles. The van der Waals surface area contributed by atoms with Crippen LogP contribution < -0.4 is 0 Å². The van der Waals surface area contributed by atoms with Crippen molar-refractivity contribution >= 4 is 0 Å². The van der Waals surface area contributed by atoms with Gasteiger partial charge in [-0.3, -0.25) is 0 Å². The number of benzene rings is 1. The molecule has 2 N–H and O–H groups in total. The first-order chi connectivity index (χ1) is 5.66. The summed E-state index contributed by atoms with van der Waals surface area (Å²) in [5.41, 5.74) is 0.817. The van der Waals surface area contributed by atoms with Gasteiger partial charge in [0.1, 0.15) is 11.6 Å². The molecule has 1 aromatic carbocycles. The lowest BCUT2D eigenvalue weighted by Crippen LogP contribution is -1.96. The van der Waals surface area contributed by atoms with E-state index >= 15 is 0 Å². The molecule has 1 aromatic rings. The van der Waals surface area contributed by atoms with Crippen LogP contribution in [0.1, 0.15) is 11.1 Å². The summed E-state index contributed by atoms with van der Waals surface area (Å²) in [6.07, 6.45) is 0.152. The molecule has 0 unspecified atom stereocenters. The van der Waals surface area contributed by atoms with Crippen molar-refractivity contribution < 1.29 is 14.6 Å². The van der Waals surface area contributed by atoms with Crippen LogP contribution >= 0.6 is 0 Å². The fourth-order valence-electron chi connectivity index (χ4n) is 1.08. The summed E-state index contributed by atoms with van der Waals surface area (Å²) in [5.74, 6) is -0.517. The van der Waals surface area contributed by atoms with Gasteiger partial charge in [0, 0.05) is 18.6 Å². The zero-order valence-electron chi connectivity index (χ0n) is 6.84. The van der Waals surface area contributed by atoms with Crippen molar-refractivity contribution in [3.05, 3.63) is 29.1 Å². The number of halogens is 1. The highest BCUT2D eigenvalue weighted by atomic mass is 19.1. The van der Waals surface area contributed by atoms with Gasteiger partial charge in [-0.25, -0.2) is 4.39 Å². The number of phenols is 1. The normalized spacial score (nSPS) is 10.2. The molecule has 0 amide bonds. The van der Waals surface area contributed by atoms with Crippen LogP contribution in [0.5, 0.6) is 5.75 Å². The molecule has 2 nitrogen and oxygen atoms in total. The molecule has 0 spiro atoms. The van der Waals surface area contributed by atoms with E-state index < -0.39 is 5.82 Å². The first kappa shape index (κ1) is 9.00. The molecule has 0 aliphatic heterocycles. The second-order valence-electron chi connectivity index (χ2n) is 2.67. The molecule has 0 aliphatic rings. The topological polar surface area (TPSA) is 40.5 Å². The fourth-order valence-corrected chi connectivity index (χ4v) is 1.08. The third-order valence-electron chi connectivity index (χ3n) is 1.79. The average molecular weight is 170 g/mol. The summed E-state index contributed by atoms with van der Waals surface area (Å²) in [6, 6.07) is 2.80. The minimum absolute atomic E-state index is 0.0518. The number of aliphatic hydroxyl groups excluding tert-OH is 1. The summed E-state index contributed by atoms with van der Waals surface area (Å²) in [7, 11) is 0. The lowest BCUT2D eigenvalue weighted by molar-refractivity contribution is 0.295. The third kappa shape index (κ3) is 1.56. The van der Waals surface area contributed by atoms with E-state index in [2.05, 4.69) is 0 Å². The van der Waals surface area contributed by atoms with Gasteiger partial charge in [0.2, 0.25) is 0 Å². The maximum atomic E-state index is 12.9. The predicted molar refractivity (Wildman–Crippen MR) is 43.6 cm³/mol. The third-order valence-corrected chi connectivity index (χ3v) is 1.79. The maximum Gasteiger partial charge on any atom is 0.130 e. The molecular weight excluding hydrogens is 159 g/mol.